The van der Waals surface area contributed by atoms with Crippen molar-refractivity contribution in [2.45, 2.75) is 35.5 Å². The van der Waals surface area contributed by atoms with Crippen molar-refractivity contribution in [2.75, 3.05) is 6.54 Å². The topological polar surface area (TPSA) is 64.6 Å². The number of hydrogen-bond acceptors (Lipinski definition) is 5. The molecule has 5 nitrogen and oxygen atoms in total. The number of rotatable bonds is 5. The van der Waals surface area contributed by atoms with Crippen LogP contribution in [0.4, 0.5) is 4.79 Å². The molecule has 140 valence electrons. The molecular formula is C21H21NO4S. The molecule has 0 aromatic heterocycles. The van der Waals surface area contributed by atoms with E-state index in [1.165, 1.54) is 12.2 Å². The Morgan fingerprint density at radius 1 is 1.15 bits per heavy atom. The molecule has 3 rings (SSSR count). The Morgan fingerprint density at radius 3 is 2.48 bits per heavy atom. The molecule has 0 spiro atoms. The second kappa shape index (κ2) is 8.41. The van der Waals surface area contributed by atoms with E-state index >= 15 is 0 Å². The molecule has 1 aliphatic heterocycles. The third-order valence-corrected chi connectivity index (χ3v) is 5.17. The number of ketones is 1. The molecule has 0 saturated heterocycles. The third kappa shape index (κ3) is 4.59. The monoisotopic (exact) mass is 383 g/mol. The molecule has 1 amide bonds. The van der Waals surface area contributed by atoms with Crippen molar-refractivity contribution in [2.24, 2.45) is 0 Å². The van der Waals surface area contributed by atoms with Crippen LogP contribution >= 0.6 is 11.8 Å². The number of carbonyl (C=O) groups excluding carboxylic acids is 2. The standard InChI is InChI=1S/C21H21NO4S/c1-3-22-20(24)25-19-14-13-18(23)21(2,26-19)15-9-11-17(12-10-15)27-16-7-5-4-6-8-16/h4-14,19H,3H2,1-2H3,(H,22,24)/t19-,21+/m1/s1. The Morgan fingerprint density at radius 2 is 1.81 bits per heavy atom. The molecule has 0 saturated carbocycles. The van der Waals surface area contributed by atoms with Crippen LogP contribution in [0.15, 0.2) is 76.5 Å². The maximum atomic E-state index is 12.5. The highest BCUT2D eigenvalue weighted by Crippen LogP contribution is 2.34. The molecule has 1 N–H and O–H groups in total. The first-order valence-corrected chi connectivity index (χ1v) is 9.51. The van der Waals surface area contributed by atoms with Gasteiger partial charge in [-0.05, 0) is 55.8 Å². The Hall–Kier alpha value is -2.57. The zero-order valence-corrected chi connectivity index (χ0v) is 16.0. The molecule has 0 aliphatic carbocycles. The average molecular weight is 383 g/mol. The van der Waals surface area contributed by atoms with E-state index in [-0.39, 0.29) is 5.78 Å². The second-order valence-corrected chi connectivity index (χ2v) is 7.26. The van der Waals surface area contributed by atoms with E-state index in [0.717, 1.165) is 9.79 Å². The lowest BCUT2D eigenvalue weighted by Crippen LogP contribution is -2.43. The van der Waals surface area contributed by atoms with Gasteiger partial charge in [-0.1, -0.05) is 42.1 Å². The molecule has 6 heteroatoms. The van der Waals surface area contributed by atoms with Gasteiger partial charge in [-0.2, -0.15) is 0 Å². The van der Waals surface area contributed by atoms with Crippen molar-refractivity contribution in [1.29, 1.82) is 0 Å². The van der Waals surface area contributed by atoms with Crippen molar-refractivity contribution in [3.05, 3.63) is 72.3 Å². The molecule has 2 aromatic carbocycles. The molecule has 0 fully saturated rings. The number of ether oxygens (including phenoxy) is 2. The summed E-state index contributed by atoms with van der Waals surface area (Å²) in [5.74, 6) is -0.193. The summed E-state index contributed by atoms with van der Waals surface area (Å²) in [6.07, 6.45) is 1.34. The smallest absolute Gasteiger partial charge is 0.409 e. The van der Waals surface area contributed by atoms with E-state index in [1.807, 2.05) is 54.6 Å². The van der Waals surface area contributed by atoms with Crippen LogP contribution in [0, 0.1) is 0 Å². The molecule has 0 unspecified atom stereocenters. The summed E-state index contributed by atoms with van der Waals surface area (Å²) in [4.78, 5) is 26.3. The van der Waals surface area contributed by atoms with Gasteiger partial charge >= 0.3 is 6.09 Å². The minimum absolute atomic E-state index is 0.193. The summed E-state index contributed by atoms with van der Waals surface area (Å²) in [7, 11) is 0. The van der Waals surface area contributed by atoms with E-state index in [2.05, 4.69) is 5.32 Å². The molecule has 1 aliphatic rings. The van der Waals surface area contributed by atoms with Gasteiger partial charge in [0, 0.05) is 16.3 Å². The number of carbonyl (C=O) groups is 2. The van der Waals surface area contributed by atoms with Crippen molar-refractivity contribution in [1.82, 2.24) is 5.32 Å². The fraction of sp³-hybridized carbons (Fsp3) is 0.238. The van der Waals surface area contributed by atoms with Gasteiger partial charge in [-0.25, -0.2) is 4.79 Å². The van der Waals surface area contributed by atoms with Crippen molar-refractivity contribution in [3.63, 3.8) is 0 Å². The highest BCUT2D eigenvalue weighted by Gasteiger charge is 2.40. The van der Waals surface area contributed by atoms with Crippen molar-refractivity contribution in [3.8, 4) is 0 Å². The minimum atomic E-state index is -1.21. The summed E-state index contributed by atoms with van der Waals surface area (Å²) in [6.45, 7) is 3.93. The Bertz CT molecular complexity index is 835. The van der Waals surface area contributed by atoms with Crippen LogP contribution in [-0.4, -0.2) is 24.7 Å². The summed E-state index contributed by atoms with van der Waals surface area (Å²) in [5, 5.41) is 2.54. The normalized spacial score (nSPS) is 21.7. The van der Waals surface area contributed by atoms with Gasteiger partial charge in [0.25, 0.3) is 0 Å². The van der Waals surface area contributed by atoms with Gasteiger partial charge in [0.2, 0.25) is 6.29 Å². The molecular weight excluding hydrogens is 362 g/mol. The van der Waals surface area contributed by atoms with Gasteiger partial charge < -0.3 is 14.8 Å². The average Bonchev–Trinajstić information content (AvgIpc) is 2.66. The number of nitrogens with one attached hydrogen (secondary N) is 1. The van der Waals surface area contributed by atoms with Crippen LogP contribution in [-0.2, 0) is 19.9 Å². The predicted octanol–water partition coefficient (Wildman–Crippen LogP) is 4.28. The van der Waals surface area contributed by atoms with Crippen LogP contribution in [0.2, 0.25) is 0 Å². The van der Waals surface area contributed by atoms with Crippen LogP contribution in [0.1, 0.15) is 19.4 Å². The van der Waals surface area contributed by atoms with Gasteiger partial charge in [0.1, 0.15) is 0 Å². The van der Waals surface area contributed by atoms with Crippen LogP contribution in [0.25, 0.3) is 0 Å². The second-order valence-electron chi connectivity index (χ2n) is 6.12. The van der Waals surface area contributed by atoms with Crippen LogP contribution < -0.4 is 5.32 Å². The van der Waals surface area contributed by atoms with Gasteiger partial charge in [-0.3, -0.25) is 4.79 Å². The fourth-order valence-corrected chi connectivity index (χ4v) is 3.52. The van der Waals surface area contributed by atoms with Gasteiger partial charge in [-0.15, -0.1) is 0 Å². The lowest BCUT2D eigenvalue weighted by atomic mass is 9.89. The Balaban J connectivity index is 1.74. The SMILES string of the molecule is CCNC(=O)O[C@H]1C=CC(=O)[C@](C)(c2ccc(Sc3ccccc3)cc2)O1. The quantitative estimate of drug-likeness (QED) is 0.835. The summed E-state index contributed by atoms with van der Waals surface area (Å²) in [6, 6.07) is 17.7. The van der Waals surface area contributed by atoms with Gasteiger partial charge in [0.15, 0.2) is 11.4 Å². The number of amides is 1. The van der Waals surface area contributed by atoms with E-state index in [0.29, 0.717) is 12.1 Å². The molecule has 2 aromatic rings. The zero-order chi connectivity index (χ0) is 19.3. The number of alkyl carbamates (subject to hydrolysis) is 1. The first-order chi connectivity index (χ1) is 13.0. The summed E-state index contributed by atoms with van der Waals surface area (Å²) in [5.41, 5.74) is -0.499. The minimum Gasteiger partial charge on any atom is -0.416 e. The number of benzene rings is 2. The molecule has 0 radical (unpaired) electrons. The summed E-state index contributed by atoms with van der Waals surface area (Å²) >= 11 is 1.64. The Labute approximate surface area is 162 Å². The molecule has 2 atom stereocenters. The molecule has 27 heavy (non-hydrogen) atoms. The number of hydrogen-bond donors (Lipinski definition) is 1. The maximum Gasteiger partial charge on any atom is 0.409 e. The largest absolute Gasteiger partial charge is 0.416 e. The van der Waals surface area contributed by atoms with E-state index in [9.17, 15) is 9.59 Å². The van der Waals surface area contributed by atoms with Crippen molar-refractivity contribution >= 4 is 23.6 Å². The first-order valence-electron chi connectivity index (χ1n) is 8.69. The van der Waals surface area contributed by atoms with Crippen LogP contribution in [0.3, 0.4) is 0 Å². The predicted molar refractivity (Wildman–Crippen MR) is 104 cm³/mol. The summed E-state index contributed by atoms with van der Waals surface area (Å²) < 4.78 is 11.0. The zero-order valence-electron chi connectivity index (χ0n) is 15.2. The fourth-order valence-electron chi connectivity index (χ4n) is 2.69. The van der Waals surface area contributed by atoms with E-state index < -0.39 is 18.0 Å². The highest BCUT2D eigenvalue weighted by atomic mass is 32.2. The lowest BCUT2D eigenvalue weighted by molar-refractivity contribution is -0.177. The highest BCUT2D eigenvalue weighted by molar-refractivity contribution is 7.99. The van der Waals surface area contributed by atoms with Crippen LogP contribution in [0.5, 0.6) is 0 Å². The molecule has 0 bridgehead atoms. The first kappa shape index (κ1) is 19.2. The van der Waals surface area contributed by atoms with E-state index in [1.54, 1.807) is 25.6 Å². The maximum absolute atomic E-state index is 12.5. The third-order valence-electron chi connectivity index (χ3n) is 4.16. The van der Waals surface area contributed by atoms with Gasteiger partial charge in [0.05, 0.1) is 0 Å². The van der Waals surface area contributed by atoms with E-state index in [4.69, 9.17) is 9.47 Å². The Kier molecular flexibility index (Phi) is 5.98. The molecule has 1 heterocycles. The van der Waals surface area contributed by atoms with Crippen molar-refractivity contribution < 1.29 is 19.1 Å². The lowest BCUT2D eigenvalue weighted by Gasteiger charge is -2.33.